The lowest BCUT2D eigenvalue weighted by Crippen LogP contribution is -2.31. The lowest BCUT2D eigenvalue weighted by molar-refractivity contribution is -0.160. The van der Waals surface area contributed by atoms with Crippen molar-refractivity contribution in [3.05, 3.63) is 35.4 Å². The molecule has 0 fully saturated rings. The average Bonchev–Trinajstić information content (AvgIpc) is 3.14. The number of carbonyl (C=O) groups excluding carboxylic acids is 5. The number of esters is 5. The standard InChI is InChI=1S/C24H44O7.C16H20O6/c1-6-9-11-14-19(7-2)22(27)29-16-13-10-12-15-21(26)30-17-20(25)18-31-23(28)24(4,5)8-3;1-4-16(2,3)15(20)22-10-9-21-14(19)12-8-6-5-7-11(12)13(17)18/h19-20,25H,6-18H2,1-5H3;5-8H,4,9-10H2,1-3H3,(H,17,18). The molecule has 2 atom stereocenters. The van der Waals surface area contributed by atoms with Crippen LogP contribution >= 0.6 is 0 Å². The zero-order valence-corrected chi connectivity index (χ0v) is 33.2. The predicted molar refractivity (Wildman–Crippen MR) is 198 cm³/mol. The number of aromatic carboxylic acids is 1. The molecule has 53 heavy (non-hydrogen) atoms. The second-order valence-electron chi connectivity index (χ2n) is 14.1. The summed E-state index contributed by atoms with van der Waals surface area (Å²) in [5, 5.41) is 18.8. The lowest BCUT2D eigenvalue weighted by Gasteiger charge is -2.21. The van der Waals surface area contributed by atoms with E-state index in [0.717, 1.165) is 38.5 Å². The number of aliphatic hydroxyl groups is 1. The van der Waals surface area contributed by atoms with E-state index in [0.29, 0.717) is 32.3 Å². The molecular formula is C40H64O13. The van der Waals surface area contributed by atoms with Crippen molar-refractivity contribution in [3.63, 3.8) is 0 Å². The second kappa shape index (κ2) is 26.7. The average molecular weight is 753 g/mol. The maximum Gasteiger partial charge on any atom is 0.339 e. The predicted octanol–water partition coefficient (Wildman–Crippen LogP) is 7.10. The van der Waals surface area contributed by atoms with E-state index in [-0.39, 0.29) is 67.8 Å². The first-order valence-corrected chi connectivity index (χ1v) is 18.8. The summed E-state index contributed by atoms with van der Waals surface area (Å²) in [4.78, 5) is 70.2. The van der Waals surface area contributed by atoms with Gasteiger partial charge < -0.3 is 33.9 Å². The molecule has 13 heteroatoms. The molecule has 0 bridgehead atoms. The Morgan fingerprint density at radius 1 is 0.660 bits per heavy atom. The minimum absolute atomic E-state index is 0.0136. The van der Waals surface area contributed by atoms with E-state index in [4.69, 9.17) is 28.8 Å². The minimum Gasteiger partial charge on any atom is -0.478 e. The van der Waals surface area contributed by atoms with Gasteiger partial charge in [-0.2, -0.15) is 0 Å². The van der Waals surface area contributed by atoms with E-state index in [1.807, 2.05) is 20.8 Å². The number of rotatable bonds is 25. The summed E-state index contributed by atoms with van der Waals surface area (Å²) in [5.74, 6) is -3.25. The van der Waals surface area contributed by atoms with Gasteiger partial charge in [-0.25, -0.2) is 9.59 Å². The van der Waals surface area contributed by atoms with Crippen LogP contribution in [0.25, 0.3) is 0 Å². The van der Waals surface area contributed by atoms with Gasteiger partial charge in [-0.05, 0) is 84.8 Å². The quantitative estimate of drug-likeness (QED) is 0.0585. The zero-order valence-electron chi connectivity index (χ0n) is 33.2. The minimum atomic E-state index is -1.20. The molecule has 0 aromatic heterocycles. The Labute approximate surface area is 315 Å². The number of unbranched alkanes of at least 4 members (excludes halogenated alkanes) is 4. The lowest BCUT2D eigenvalue weighted by atomic mass is 9.91. The number of ether oxygens (including phenoxy) is 5. The Hall–Kier alpha value is -4.00. The molecule has 302 valence electrons. The number of benzene rings is 1. The molecule has 0 spiro atoms. The van der Waals surface area contributed by atoms with Crippen molar-refractivity contribution in [2.24, 2.45) is 16.7 Å². The van der Waals surface area contributed by atoms with Crippen LogP contribution in [-0.2, 0) is 42.9 Å². The van der Waals surface area contributed by atoms with Gasteiger partial charge in [0.15, 0.2) is 0 Å². The highest BCUT2D eigenvalue weighted by atomic mass is 16.6. The van der Waals surface area contributed by atoms with Gasteiger partial charge in [-0.3, -0.25) is 19.2 Å². The molecule has 0 heterocycles. The van der Waals surface area contributed by atoms with E-state index >= 15 is 0 Å². The molecule has 0 radical (unpaired) electrons. The number of hydrogen-bond acceptors (Lipinski definition) is 12. The molecule has 13 nitrogen and oxygen atoms in total. The molecule has 2 N–H and O–H groups in total. The SMILES string of the molecule is CCC(C)(C)C(=O)OCCOC(=O)c1ccccc1C(=O)O.CCCCCC(CC)C(=O)OCCCCCC(=O)OCC(O)COC(=O)C(C)(C)CC. The van der Waals surface area contributed by atoms with Crippen LogP contribution in [0.2, 0.25) is 0 Å². The number of carbonyl (C=O) groups is 6. The Kier molecular flexibility index (Phi) is 24.7. The van der Waals surface area contributed by atoms with Gasteiger partial charge in [0.1, 0.15) is 32.5 Å². The van der Waals surface area contributed by atoms with Gasteiger partial charge in [0.05, 0.1) is 34.5 Å². The van der Waals surface area contributed by atoms with Crippen LogP contribution in [0.5, 0.6) is 0 Å². The van der Waals surface area contributed by atoms with Gasteiger partial charge >= 0.3 is 35.8 Å². The van der Waals surface area contributed by atoms with E-state index in [1.54, 1.807) is 33.8 Å². The topological polar surface area (TPSA) is 189 Å². The molecule has 1 rings (SSSR count). The number of hydrogen-bond donors (Lipinski definition) is 2. The van der Waals surface area contributed by atoms with E-state index < -0.39 is 34.8 Å². The Morgan fingerprint density at radius 3 is 1.79 bits per heavy atom. The molecule has 0 aliphatic heterocycles. The molecule has 0 aliphatic carbocycles. The maximum atomic E-state index is 12.1. The molecule has 1 aromatic carbocycles. The third-order valence-electron chi connectivity index (χ3n) is 8.90. The molecule has 1 aromatic rings. The summed E-state index contributed by atoms with van der Waals surface area (Å²) >= 11 is 0. The fourth-order valence-electron chi connectivity index (χ4n) is 4.32. The Balaban J connectivity index is 0.00000108. The van der Waals surface area contributed by atoms with Crippen LogP contribution in [0.3, 0.4) is 0 Å². The first-order valence-electron chi connectivity index (χ1n) is 18.8. The largest absolute Gasteiger partial charge is 0.478 e. The zero-order chi connectivity index (χ0) is 40.5. The van der Waals surface area contributed by atoms with Gasteiger partial charge in [0.2, 0.25) is 0 Å². The monoisotopic (exact) mass is 752 g/mol. The first-order chi connectivity index (χ1) is 25.0. The summed E-state index contributed by atoms with van der Waals surface area (Å²) in [6.07, 6.45) is 7.56. The highest BCUT2D eigenvalue weighted by Gasteiger charge is 2.28. The van der Waals surface area contributed by atoms with Gasteiger partial charge in [-0.1, -0.05) is 59.1 Å². The number of aliphatic hydroxyl groups excluding tert-OH is 1. The van der Waals surface area contributed by atoms with Crippen LogP contribution in [0.15, 0.2) is 24.3 Å². The smallest absolute Gasteiger partial charge is 0.339 e. The van der Waals surface area contributed by atoms with Crippen molar-refractivity contribution in [1.82, 2.24) is 0 Å². The van der Waals surface area contributed by atoms with Crippen molar-refractivity contribution in [1.29, 1.82) is 0 Å². The van der Waals surface area contributed by atoms with Gasteiger partial charge in [-0.15, -0.1) is 0 Å². The van der Waals surface area contributed by atoms with Crippen molar-refractivity contribution in [2.75, 3.05) is 33.0 Å². The number of carboxylic acid groups (broad SMARTS) is 1. The van der Waals surface area contributed by atoms with Gasteiger partial charge in [0.25, 0.3) is 0 Å². The first kappa shape index (κ1) is 49.0. The fraction of sp³-hybridized carbons (Fsp3) is 0.700. The van der Waals surface area contributed by atoms with Crippen LogP contribution in [0.1, 0.15) is 147 Å². The summed E-state index contributed by atoms with van der Waals surface area (Å²) in [5.41, 5.74) is -1.34. The summed E-state index contributed by atoms with van der Waals surface area (Å²) < 4.78 is 25.4. The van der Waals surface area contributed by atoms with Crippen molar-refractivity contribution in [2.45, 2.75) is 132 Å². The van der Waals surface area contributed by atoms with Crippen LogP contribution in [0.4, 0.5) is 0 Å². The van der Waals surface area contributed by atoms with E-state index in [2.05, 4.69) is 6.92 Å². The summed E-state index contributed by atoms with van der Waals surface area (Å²) in [6.45, 7) is 14.8. The van der Waals surface area contributed by atoms with Crippen molar-refractivity contribution in [3.8, 4) is 0 Å². The van der Waals surface area contributed by atoms with Crippen LogP contribution in [-0.4, -0.2) is 85.2 Å². The normalized spacial score (nSPS) is 12.3. The van der Waals surface area contributed by atoms with E-state index in [1.165, 1.54) is 18.2 Å². The molecule has 0 saturated carbocycles. The van der Waals surface area contributed by atoms with Crippen LogP contribution < -0.4 is 0 Å². The molecular weight excluding hydrogens is 688 g/mol. The van der Waals surface area contributed by atoms with Crippen LogP contribution in [0, 0.1) is 16.7 Å². The molecule has 0 aliphatic rings. The maximum absolute atomic E-state index is 12.1. The van der Waals surface area contributed by atoms with Crippen molar-refractivity contribution >= 4 is 35.8 Å². The van der Waals surface area contributed by atoms with Gasteiger partial charge in [0, 0.05) is 6.42 Å². The fourth-order valence-corrected chi connectivity index (χ4v) is 4.32. The molecule has 0 saturated heterocycles. The summed E-state index contributed by atoms with van der Waals surface area (Å²) in [6, 6.07) is 5.77. The molecule has 2 unspecified atom stereocenters. The Morgan fingerprint density at radius 2 is 1.23 bits per heavy atom. The Bertz CT molecular complexity index is 1270. The third kappa shape index (κ3) is 20.7. The van der Waals surface area contributed by atoms with E-state index in [9.17, 15) is 33.9 Å². The highest BCUT2D eigenvalue weighted by molar-refractivity contribution is 6.02. The highest BCUT2D eigenvalue weighted by Crippen LogP contribution is 2.22. The summed E-state index contributed by atoms with van der Waals surface area (Å²) in [7, 11) is 0. The third-order valence-corrected chi connectivity index (χ3v) is 8.90. The molecule has 0 amide bonds. The second-order valence-corrected chi connectivity index (χ2v) is 14.1. The number of carboxylic acids is 1. The van der Waals surface area contributed by atoms with Crippen molar-refractivity contribution < 1.29 is 62.7 Å².